The third-order valence-corrected chi connectivity index (χ3v) is 2.80. The van der Waals surface area contributed by atoms with Crippen LogP contribution in [-0.2, 0) is 14.3 Å². The molecule has 0 aromatic rings. The first-order valence-corrected chi connectivity index (χ1v) is 5.20. The zero-order chi connectivity index (χ0) is 12.4. The number of carbonyl (C=O) groups excluding carboxylic acids is 1. The van der Waals surface area contributed by atoms with Crippen molar-refractivity contribution in [1.82, 2.24) is 5.32 Å². The lowest BCUT2D eigenvalue weighted by molar-refractivity contribution is -0.147. The molecule has 0 bridgehead atoms. The van der Waals surface area contributed by atoms with E-state index in [0.29, 0.717) is 26.1 Å². The average Bonchev–Trinajstić information content (AvgIpc) is 2.18. The summed E-state index contributed by atoms with van der Waals surface area (Å²) in [7, 11) is 0. The van der Waals surface area contributed by atoms with Crippen LogP contribution in [0.25, 0.3) is 0 Å². The number of nitrogens with one attached hydrogen (secondary N) is 1. The summed E-state index contributed by atoms with van der Waals surface area (Å²) < 4.78 is 5.12. The molecular formula is C10H18N2O4. The summed E-state index contributed by atoms with van der Waals surface area (Å²) in [6, 6.07) is 0. The Hall–Kier alpha value is -1.14. The van der Waals surface area contributed by atoms with Gasteiger partial charge in [-0.05, 0) is 26.7 Å². The Balaban J connectivity index is 2.67. The van der Waals surface area contributed by atoms with E-state index >= 15 is 0 Å². The summed E-state index contributed by atoms with van der Waals surface area (Å²) in [4.78, 5) is 22.7. The number of amides is 1. The maximum absolute atomic E-state index is 11.9. The highest BCUT2D eigenvalue weighted by Gasteiger charge is 2.40. The summed E-state index contributed by atoms with van der Waals surface area (Å²) in [5, 5.41) is 11.3. The van der Waals surface area contributed by atoms with E-state index in [1.165, 1.54) is 13.8 Å². The molecule has 1 aliphatic heterocycles. The summed E-state index contributed by atoms with van der Waals surface area (Å²) in [5.74, 6) is -1.51. The van der Waals surface area contributed by atoms with Crippen molar-refractivity contribution in [3.63, 3.8) is 0 Å². The smallest absolute Gasteiger partial charge is 0.328 e. The van der Waals surface area contributed by atoms with Crippen molar-refractivity contribution >= 4 is 11.9 Å². The molecule has 0 aliphatic carbocycles. The minimum Gasteiger partial charge on any atom is -0.480 e. The molecule has 0 unspecified atom stereocenters. The van der Waals surface area contributed by atoms with E-state index in [0.717, 1.165) is 0 Å². The van der Waals surface area contributed by atoms with Crippen LogP contribution in [0.3, 0.4) is 0 Å². The quantitative estimate of drug-likeness (QED) is 0.605. The topological polar surface area (TPSA) is 102 Å². The Morgan fingerprint density at radius 2 is 1.88 bits per heavy atom. The predicted molar refractivity (Wildman–Crippen MR) is 56.8 cm³/mol. The van der Waals surface area contributed by atoms with Crippen LogP contribution < -0.4 is 11.1 Å². The highest BCUT2D eigenvalue weighted by Crippen LogP contribution is 2.19. The van der Waals surface area contributed by atoms with Crippen LogP contribution in [0.15, 0.2) is 0 Å². The highest BCUT2D eigenvalue weighted by atomic mass is 16.5. The Kier molecular flexibility index (Phi) is 3.54. The summed E-state index contributed by atoms with van der Waals surface area (Å²) in [5.41, 5.74) is 3.61. The summed E-state index contributed by atoms with van der Waals surface area (Å²) >= 11 is 0. The molecule has 1 rings (SSSR count). The molecule has 6 heteroatoms. The third-order valence-electron chi connectivity index (χ3n) is 2.80. The number of carboxylic acid groups (broad SMARTS) is 1. The first kappa shape index (κ1) is 12.9. The first-order chi connectivity index (χ1) is 7.28. The van der Waals surface area contributed by atoms with Crippen molar-refractivity contribution in [3.8, 4) is 0 Å². The van der Waals surface area contributed by atoms with Crippen molar-refractivity contribution < 1.29 is 19.4 Å². The van der Waals surface area contributed by atoms with Gasteiger partial charge in [-0.2, -0.15) is 0 Å². The van der Waals surface area contributed by atoms with Gasteiger partial charge in [-0.25, -0.2) is 4.79 Å². The number of ether oxygens (including phenoxy) is 1. The molecule has 0 spiro atoms. The maximum atomic E-state index is 11.9. The molecule has 1 saturated heterocycles. The number of carbonyl (C=O) groups is 2. The number of hydrogen-bond donors (Lipinski definition) is 3. The molecule has 0 radical (unpaired) electrons. The van der Waals surface area contributed by atoms with Gasteiger partial charge < -0.3 is 20.9 Å². The van der Waals surface area contributed by atoms with Gasteiger partial charge in [0.15, 0.2) is 0 Å². The fourth-order valence-electron chi connectivity index (χ4n) is 1.42. The van der Waals surface area contributed by atoms with Crippen molar-refractivity contribution in [2.75, 3.05) is 13.2 Å². The summed E-state index contributed by atoms with van der Waals surface area (Å²) in [6.45, 7) is 3.71. The first-order valence-electron chi connectivity index (χ1n) is 5.20. The van der Waals surface area contributed by atoms with Gasteiger partial charge in [0.05, 0.1) is 5.54 Å². The van der Waals surface area contributed by atoms with E-state index in [1.807, 2.05) is 0 Å². The molecule has 1 fully saturated rings. The SMILES string of the molecule is CC(C)(NC(=O)C1(N)CCOCC1)C(=O)O. The van der Waals surface area contributed by atoms with Gasteiger partial charge in [0.2, 0.25) is 5.91 Å². The standard InChI is InChI=1S/C10H18N2O4/c1-9(2,8(14)15)12-7(13)10(11)3-5-16-6-4-10/h3-6,11H2,1-2H3,(H,12,13)(H,14,15). The zero-order valence-corrected chi connectivity index (χ0v) is 9.58. The van der Waals surface area contributed by atoms with Gasteiger partial charge in [0.25, 0.3) is 0 Å². The van der Waals surface area contributed by atoms with E-state index in [1.54, 1.807) is 0 Å². The molecule has 0 aromatic carbocycles. The number of hydrogen-bond acceptors (Lipinski definition) is 4. The second-order valence-corrected chi connectivity index (χ2v) is 4.65. The van der Waals surface area contributed by atoms with E-state index in [4.69, 9.17) is 15.6 Å². The third kappa shape index (κ3) is 2.70. The highest BCUT2D eigenvalue weighted by molar-refractivity contribution is 5.91. The predicted octanol–water partition coefficient (Wildman–Crippen LogP) is -0.526. The van der Waals surface area contributed by atoms with Gasteiger partial charge in [0.1, 0.15) is 5.54 Å². The Labute approximate surface area is 94.1 Å². The van der Waals surface area contributed by atoms with E-state index in [9.17, 15) is 9.59 Å². The van der Waals surface area contributed by atoms with E-state index < -0.39 is 23.0 Å². The molecule has 16 heavy (non-hydrogen) atoms. The van der Waals surface area contributed by atoms with Crippen LogP contribution in [0.5, 0.6) is 0 Å². The molecule has 0 aromatic heterocycles. The fourth-order valence-corrected chi connectivity index (χ4v) is 1.42. The van der Waals surface area contributed by atoms with E-state index in [2.05, 4.69) is 5.32 Å². The van der Waals surface area contributed by atoms with Crippen LogP contribution in [0, 0.1) is 0 Å². The zero-order valence-electron chi connectivity index (χ0n) is 9.58. The number of rotatable bonds is 3. The average molecular weight is 230 g/mol. The van der Waals surface area contributed by atoms with Gasteiger partial charge >= 0.3 is 5.97 Å². The lowest BCUT2D eigenvalue weighted by Gasteiger charge is -2.34. The second-order valence-electron chi connectivity index (χ2n) is 4.65. The minimum absolute atomic E-state index is 0.411. The van der Waals surface area contributed by atoms with Crippen LogP contribution in [0.2, 0.25) is 0 Å². The van der Waals surface area contributed by atoms with Gasteiger partial charge in [0, 0.05) is 13.2 Å². The molecule has 4 N–H and O–H groups in total. The monoisotopic (exact) mass is 230 g/mol. The van der Waals surface area contributed by atoms with Crippen LogP contribution in [-0.4, -0.2) is 41.3 Å². The lowest BCUT2D eigenvalue weighted by Crippen LogP contribution is -2.62. The van der Waals surface area contributed by atoms with E-state index in [-0.39, 0.29) is 0 Å². The van der Waals surface area contributed by atoms with Crippen molar-refractivity contribution in [2.45, 2.75) is 37.8 Å². The molecule has 6 nitrogen and oxygen atoms in total. The molecular weight excluding hydrogens is 212 g/mol. The normalized spacial score (nSPS) is 20.2. The van der Waals surface area contributed by atoms with Crippen LogP contribution in [0.1, 0.15) is 26.7 Å². The lowest BCUT2D eigenvalue weighted by atomic mass is 9.89. The number of carboxylic acids is 1. The largest absolute Gasteiger partial charge is 0.480 e. The molecule has 92 valence electrons. The molecule has 0 atom stereocenters. The van der Waals surface area contributed by atoms with Crippen LogP contribution >= 0.6 is 0 Å². The number of nitrogens with two attached hydrogens (primary N) is 1. The van der Waals surface area contributed by atoms with Crippen molar-refractivity contribution in [1.29, 1.82) is 0 Å². The maximum Gasteiger partial charge on any atom is 0.328 e. The van der Waals surface area contributed by atoms with Gasteiger partial charge in [-0.15, -0.1) is 0 Å². The number of aliphatic carboxylic acids is 1. The Morgan fingerprint density at radius 1 is 1.38 bits per heavy atom. The molecule has 1 heterocycles. The van der Waals surface area contributed by atoms with Crippen LogP contribution in [0.4, 0.5) is 0 Å². The molecule has 1 aliphatic rings. The van der Waals surface area contributed by atoms with Crippen molar-refractivity contribution in [3.05, 3.63) is 0 Å². The second kappa shape index (κ2) is 4.39. The minimum atomic E-state index is -1.30. The Morgan fingerprint density at radius 3 is 2.31 bits per heavy atom. The molecule has 0 saturated carbocycles. The Bertz CT molecular complexity index is 295. The van der Waals surface area contributed by atoms with Gasteiger partial charge in [-0.3, -0.25) is 4.79 Å². The summed E-state index contributed by atoms with van der Waals surface area (Å²) in [6.07, 6.45) is 0.822. The van der Waals surface area contributed by atoms with Gasteiger partial charge in [-0.1, -0.05) is 0 Å². The fraction of sp³-hybridized carbons (Fsp3) is 0.800. The molecule has 1 amide bonds. The van der Waals surface area contributed by atoms with Crippen molar-refractivity contribution in [2.24, 2.45) is 5.73 Å².